The zero-order valence-electron chi connectivity index (χ0n) is 11.4. The molecule has 102 valence electrons. The summed E-state index contributed by atoms with van der Waals surface area (Å²) in [5, 5.41) is 3.57. The van der Waals surface area contributed by atoms with Crippen LogP contribution in [0.1, 0.15) is 51.2 Å². The van der Waals surface area contributed by atoms with Crippen LogP contribution in [0.5, 0.6) is 0 Å². The second-order valence-electron chi connectivity index (χ2n) is 5.62. The Labute approximate surface area is 119 Å². The van der Waals surface area contributed by atoms with Gasteiger partial charge in [-0.15, -0.1) is 0 Å². The predicted octanol–water partition coefficient (Wildman–Crippen LogP) is 4.56. The highest BCUT2D eigenvalue weighted by Gasteiger charge is 2.32. The van der Waals surface area contributed by atoms with Gasteiger partial charge in [-0.1, -0.05) is 20.3 Å². The van der Waals surface area contributed by atoms with Crippen LogP contribution in [0.2, 0.25) is 0 Å². The molecule has 3 unspecified atom stereocenters. The molecule has 1 N–H and O–H groups in total. The molecule has 1 saturated carbocycles. The van der Waals surface area contributed by atoms with Gasteiger partial charge in [0.05, 0.1) is 10.7 Å². The fraction of sp³-hybridized carbons (Fsp3) is 0.733. The third-order valence-corrected chi connectivity index (χ3v) is 4.73. The van der Waals surface area contributed by atoms with Crippen molar-refractivity contribution >= 4 is 15.9 Å². The summed E-state index contributed by atoms with van der Waals surface area (Å²) >= 11 is 3.62. The highest BCUT2D eigenvalue weighted by atomic mass is 79.9. The molecule has 0 spiro atoms. The van der Waals surface area contributed by atoms with Gasteiger partial charge in [0.2, 0.25) is 0 Å². The molecule has 0 radical (unpaired) electrons. The Morgan fingerprint density at radius 1 is 1.44 bits per heavy atom. The van der Waals surface area contributed by atoms with E-state index in [9.17, 15) is 0 Å². The van der Waals surface area contributed by atoms with E-state index in [0.717, 1.165) is 35.2 Å². The molecule has 3 heteroatoms. The normalized spacial score (nSPS) is 28.5. The fourth-order valence-electron chi connectivity index (χ4n) is 3.04. The van der Waals surface area contributed by atoms with Crippen molar-refractivity contribution in [2.45, 2.75) is 45.4 Å². The van der Waals surface area contributed by atoms with Crippen LogP contribution in [0, 0.1) is 11.8 Å². The molecule has 1 aromatic rings. The minimum Gasteiger partial charge on any atom is -0.468 e. The van der Waals surface area contributed by atoms with Gasteiger partial charge in [-0.25, -0.2) is 0 Å². The first-order chi connectivity index (χ1) is 8.72. The van der Waals surface area contributed by atoms with Crippen LogP contribution in [0.3, 0.4) is 0 Å². The lowest BCUT2D eigenvalue weighted by atomic mass is 9.73. The number of hydrogen-bond acceptors (Lipinski definition) is 2. The fourth-order valence-corrected chi connectivity index (χ4v) is 3.54. The summed E-state index contributed by atoms with van der Waals surface area (Å²) in [5.74, 6) is 3.26. The molecule has 0 saturated heterocycles. The first-order valence-corrected chi connectivity index (χ1v) is 7.95. The summed E-state index contributed by atoms with van der Waals surface area (Å²) in [7, 11) is 0. The Morgan fingerprint density at radius 2 is 2.28 bits per heavy atom. The van der Waals surface area contributed by atoms with Crippen LogP contribution < -0.4 is 5.32 Å². The molecule has 1 aliphatic rings. The summed E-state index contributed by atoms with van der Waals surface area (Å²) in [6.45, 7) is 6.83. The van der Waals surface area contributed by atoms with Gasteiger partial charge in [-0.3, -0.25) is 0 Å². The van der Waals surface area contributed by atoms with Gasteiger partial charge in [-0.05, 0) is 66.2 Å². The van der Waals surface area contributed by atoms with Gasteiger partial charge in [-0.2, -0.15) is 0 Å². The van der Waals surface area contributed by atoms with Crippen LogP contribution in [-0.4, -0.2) is 13.1 Å². The molecule has 1 aromatic heterocycles. The van der Waals surface area contributed by atoms with Gasteiger partial charge in [0, 0.05) is 5.92 Å². The van der Waals surface area contributed by atoms with Crippen LogP contribution in [0.25, 0.3) is 0 Å². The topological polar surface area (TPSA) is 25.2 Å². The molecule has 1 fully saturated rings. The average molecular weight is 314 g/mol. The van der Waals surface area contributed by atoms with Crippen LogP contribution >= 0.6 is 15.9 Å². The smallest absolute Gasteiger partial charge is 0.121 e. The van der Waals surface area contributed by atoms with Gasteiger partial charge in [0.1, 0.15) is 5.76 Å². The first kappa shape index (κ1) is 14.1. The molecule has 0 aromatic carbocycles. The van der Waals surface area contributed by atoms with E-state index in [0.29, 0.717) is 5.92 Å². The number of furan rings is 1. The lowest BCUT2D eigenvalue weighted by Gasteiger charge is -2.34. The Balaban J connectivity index is 2.04. The molecule has 2 rings (SSSR count). The lowest BCUT2D eigenvalue weighted by Crippen LogP contribution is -2.31. The molecule has 0 bridgehead atoms. The molecular weight excluding hydrogens is 290 g/mol. The van der Waals surface area contributed by atoms with E-state index in [1.165, 1.54) is 25.7 Å². The summed E-state index contributed by atoms with van der Waals surface area (Å²) in [5.41, 5.74) is 0. The Bertz CT molecular complexity index is 363. The van der Waals surface area contributed by atoms with E-state index in [2.05, 4.69) is 35.1 Å². The SMILES string of the molecule is CCCNCC1CCC(C)CC1c1occc1Br. The van der Waals surface area contributed by atoms with Crippen molar-refractivity contribution in [1.82, 2.24) is 5.32 Å². The average Bonchev–Trinajstić information content (AvgIpc) is 2.77. The standard InChI is InChI=1S/C15H24BrNO/c1-3-7-17-10-12-5-4-11(2)9-13(12)15-14(16)6-8-18-15/h6,8,11-13,17H,3-5,7,9-10H2,1-2H3. The largest absolute Gasteiger partial charge is 0.468 e. The summed E-state index contributed by atoms with van der Waals surface area (Å²) in [6.07, 6.45) is 6.93. The molecular formula is C15H24BrNO. The second kappa shape index (κ2) is 6.76. The third kappa shape index (κ3) is 3.39. The van der Waals surface area contributed by atoms with E-state index in [-0.39, 0.29) is 0 Å². The maximum Gasteiger partial charge on any atom is 0.121 e. The minimum absolute atomic E-state index is 0.572. The monoisotopic (exact) mass is 313 g/mol. The molecule has 1 heterocycles. The third-order valence-electron chi connectivity index (χ3n) is 4.07. The lowest BCUT2D eigenvalue weighted by molar-refractivity contribution is 0.218. The predicted molar refractivity (Wildman–Crippen MR) is 78.8 cm³/mol. The van der Waals surface area contributed by atoms with Crippen molar-refractivity contribution in [2.75, 3.05) is 13.1 Å². The number of rotatable bonds is 5. The highest BCUT2D eigenvalue weighted by molar-refractivity contribution is 9.10. The van der Waals surface area contributed by atoms with E-state index in [1.54, 1.807) is 6.26 Å². The molecule has 1 aliphatic carbocycles. The van der Waals surface area contributed by atoms with Crippen LogP contribution in [0.4, 0.5) is 0 Å². The van der Waals surface area contributed by atoms with E-state index in [4.69, 9.17) is 4.42 Å². The van der Waals surface area contributed by atoms with Crippen LogP contribution in [0.15, 0.2) is 21.2 Å². The van der Waals surface area contributed by atoms with Gasteiger partial charge in [0.25, 0.3) is 0 Å². The zero-order valence-corrected chi connectivity index (χ0v) is 13.0. The Kier molecular flexibility index (Phi) is 5.31. The maximum atomic E-state index is 5.71. The molecule has 0 aliphatic heterocycles. The summed E-state index contributed by atoms with van der Waals surface area (Å²) in [6, 6.07) is 2.02. The number of hydrogen-bond donors (Lipinski definition) is 1. The molecule has 0 amide bonds. The zero-order chi connectivity index (χ0) is 13.0. The maximum absolute atomic E-state index is 5.71. The van der Waals surface area contributed by atoms with Crippen molar-refractivity contribution in [3.8, 4) is 0 Å². The van der Waals surface area contributed by atoms with Gasteiger partial charge >= 0.3 is 0 Å². The minimum atomic E-state index is 0.572. The van der Waals surface area contributed by atoms with Crippen molar-refractivity contribution < 1.29 is 4.42 Å². The van der Waals surface area contributed by atoms with E-state index < -0.39 is 0 Å². The van der Waals surface area contributed by atoms with Crippen molar-refractivity contribution in [3.63, 3.8) is 0 Å². The second-order valence-corrected chi connectivity index (χ2v) is 6.48. The first-order valence-electron chi connectivity index (χ1n) is 7.16. The summed E-state index contributed by atoms with van der Waals surface area (Å²) < 4.78 is 6.85. The highest BCUT2D eigenvalue weighted by Crippen LogP contribution is 2.42. The van der Waals surface area contributed by atoms with E-state index in [1.807, 2.05) is 6.07 Å². The van der Waals surface area contributed by atoms with Crippen molar-refractivity contribution in [1.29, 1.82) is 0 Å². The number of nitrogens with one attached hydrogen (secondary N) is 1. The van der Waals surface area contributed by atoms with Crippen molar-refractivity contribution in [2.24, 2.45) is 11.8 Å². The summed E-state index contributed by atoms with van der Waals surface area (Å²) in [4.78, 5) is 0. The molecule has 2 nitrogen and oxygen atoms in total. The quantitative estimate of drug-likeness (QED) is 0.806. The molecule has 3 atom stereocenters. The van der Waals surface area contributed by atoms with Gasteiger partial charge < -0.3 is 9.73 Å². The Morgan fingerprint density at radius 3 is 2.94 bits per heavy atom. The molecule has 18 heavy (non-hydrogen) atoms. The number of halogens is 1. The van der Waals surface area contributed by atoms with Crippen molar-refractivity contribution in [3.05, 3.63) is 22.6 Å². The Hall–Kier alpha value is -0.280. The van der Waals surface area contributed by atoms with E-state index >= 15 is 0 Å². The van der Waals surface area contributed by atoms with Gasteiger partial charge in [0.15, 0.2) is 0 Å². The van der Waals surface area contributed by atoms with Crippen LogP contribution in [-0.2, 0) is 0 Å².